The highest BCUT2D eigenvalue weighted by Gasteiger charge is 2.17. The van der Waals surface area contributed by atoms with Crippen molar-refractivity contribution in [3.8, 4) is 5.75 Å². The Bertz CT molecular complexity index is 964. The Hall–Kier alpha value is -3.26. The van der Waals surface area contributed by atoms with Crippen molar-refractivity contribution in [2.45, 2.75) is 4.90 Å². The molecule has 3 N–H and O–H groups in total. The molecule has 3 rings (SSSR count). The average Bonchev–Trinajstić information content (AvgIpc) is 2.91. The Balaban J connectivity index is 1.84. The van der Waals surface area contributed by atoms with Gasteiger partial charge in [-0.2, -0.15) is 0 Å². The summed E-state index contributed by atoms with van der Waals surface area (Å²) in [5.74, 6) is 0.643. The van der Waals surface area contributed by atoms with Crippen LogP contribution in [0.15, 0.2) is 77.0 Å². The minimum Gasteiger partial charge on any atom is -0.497 e. The predicted octanol–water partition coefficient (Wildman–Crippen LogP) is 2.95. The number of hydrogen-bond donors (Lipinski definition) is 2. The number of ether oxygens (including phenoxy) is 1. The first kappa shape index (κ1) is 17.6. The van der Waals surface area contributed by atoms with Crippen LogP contribution in [0.2, 0.25) is 0 Å². The number of hydrogen-bond acceptors (Lipinski definition) is 6. The predicted molar refractivity (Wildman–Crippen MR) is 104 cm³/mol. The second-order valence-electron chi connectivity index (χ2n) is 5.40. The number of methoxy groups -OCH3 is 1. The van der Waals surface area contributed by atoms with Crippen LogP contribution in [0.3, 0.4) is 0 Å². The second kappa shape index (κ2) is 7.32. The van der Waals surface area contributed by atoms with Crippen molar-refractivity contribution < 1.29 is 13.2 Å². The van der Waals surface area contributed by atoms with Gasteiger partial charge in [0.25, 0.3) is 10.0 Å². The highest BCUT2D eigenvalue weighted by Crippen LogP contribution is 2.28. The van der Waals surface area contributed by atoms with Crippen molar-refractivity contribution >= 4 is 33.3 Å². The van der Waals surface area contributed by atoms with E-state index in [0.29, 0.717) is 22.8 Å². The Morgan fingerprint density at radius 2 is 1.88 bits per heavy atom. The lowest BCUT2D eigenvalue weighted by molar-refractivity contribution is 0.415. The molecular weight excluding hydrogens is 352 g/mol. The van der Waals surface area contributed by atoms with E-state index in [1.54, 1.807) is 73.2 Å². The number of nitrogen functional groups attached to an aromatic ring is 1. The molecule has 0 unspecified atom stereocenters. The van der Waals surface area contributed by atoms with E-state index in [9.17, 15) is 8.42 Å². The third kappa shape index (κ3) is 3.86. The Labute approximate surface area is 152 Å². The molecule has 7 nitrogen and oxygen atoms in total. The van der Waals surface area contributed by atoms with Gasteiger partial charge in [-0.15, -0.1) is 0 Å². The van der Waals surface area contributed by atoms with Gasteiger partial charge in [0.15, 0.2) is 0 Å². The number of anilines is 3. The van der Waals surface area contributed by atoms with E-state index in [-0.39, 0.29) is 4.90 Å². The van der Waals surface area contributed by atoms with Crippen LogP contribution in [0, 0.1) is 0 Å². The molecule has 26 heavy (non-hydrogen) atoms. The molecule has 8 heteroatoms. The third-order valence-electron chi connectivity index (χ3n) is 3.66. The number of nitrogens with zero attached hydrogens (tertiary/aromatic N) is 2. The lowest BCUT2D eigenvalue weighted by Gasteiger charge is -2.18. The molecule has 0 fully saturated rings. The summed E-state index contributed by atoms with van der Waals surface area (Å²) in [5, 5.41) is 0. The van der Waals surface area contributed by atoms with Gasteiger partial charge in [-0.3, -0.25) is 9.71 Å². The fraction of sp³-hybridized carbons (Fsp3) is 0.0556. The monoisotopic (exact) mass is 370 g/mol. The van der Waals surface area contributed by atoms with Crippen LogP contribution in [0.4, 0.5) is 17.1 Å². The molecule has 1 aliphatic heterocycles. The maximum Gasteiger partial charge on any atom is 0.261 e. The molecule has 2 aromatic carbocycles. The summed E-state index contributed by atoms with van der Waals surface area (Å²) >= 11 is 0. The van der Waals surface area contributed by atoms with E-state index >= 15 is 0 Å². The Kier molecular flexibility index (Phi) is 4.94. The molecule has 0 aromatic heterocycles. The molecule has 0 radical (unpaired) electrons. The van der Waals surface area contributed by atoms with Crippen LogP contribution < -0.4 is 20.1 Å². The molecule has 0 aliphatic carbocycles. The van der Waals surface area contributed by atoms with Gasteiger partial charge < -0.3 is 15.4 Å². The molecule has 0 bridgehead atoms. The molecule has 2 aromatic rings. The van der Waals surface area contributed by atoms with Crippen molar-refractivity contribution in [1.82, 2.24) is 0 Å². The Morgan fingerprint density at radius 1 is 1.12 bits per heavy atom. The third-order valence-corrected chi connectivity index (χ3v) is 5.04. The number of benzene rings is 2. The van der Waals surface area contributed by atoms with E-state index in [2.05, 4.69) is 9.71 Å². The summed E-state index contributed by atoms with van der Waals surface area (Å²) in [5.41, 5.74) is 7.50. The minimum atomic E-state index is -3.76. The molecule has 1 heterocycles. The number of nitrogens with two attached hydrogens (primary N) is 1. The van der Waals surface area contributed by atoms with Gasteiger partial charge in [-0.25, -0.2) is 8.42 Å². The summed E-state index contributed by atoms with van der Waals surface area (Å²) in [6.07, 6.45) is 8.53. The zero-order chi connectivity index (χ0) is 18.6. The molecule has 0 amide bonds. The molecule has 0 saturated carbocycles. The van der Waals surface area contributed by atoms with Gasteiger partial charge in [-0.05, 0) is 48.5 Å². The number of aliphatic imine (C=N–C) groups is 1. The van der Waals surface area contributed by atoms with Crippen LogP contribution in [-0.4, -0.2) is 21.7 Å². The standard InChI is InChI=1S/C18H18N4O3S/c1-25-15-5-3-14(4-6-15)21-26(23,24)16-7-8-18(17(19)13-16)22-11-2-9-20-10-12-22/h2-13,21H,19H2,1H3. The zero-order valence-electron chi connectivity index (χ0n) is 14.0. The summed E-state index contributed by atoms with van der Waals surface area (Å²) in [4.78, 5) is 5.84. The molecule has 1 aliphatic rings. The smallest absolute Gasteiger partial charge is 0.261 e. The molecule has 0 atom stereocenters. The lowest BCUT2D eigenvalue weighted by Crippen LogP contribution is -2.14. The molecule has 134 valence electrons. The van der Waals surface area contributed by atoms with Gasteiger partial charge in [0, 0.05) is 30.5 Å². The summed E-state index contributed by atoms with van der Waals surface area (Å²) in [7, 11) is -2.21. The fourth-order valence-electron chi connectivity index (χ4n) is 2.36. The summed E-state index contributed by atoms with van der Waals surface area (Å²) in [6, 6.07) is 11.2. The first-order chi connectivity index (χ1) is 12.5. The highest BCUT2D eigenvalue weighted by atomic mass is 32.2. The van der Waals surface area contributed by atoms with E-state index in [4.69, 9.17) is 10.5 Å². The SMILES string of the molecule is COc1ccc(NS(=O)(=O)c2ccc(N3C=CC=NC=C3)c(N)c2)cc1. The van der Waals surface area contributed by atoms with Crippen molar-refractivity contribution in [2.24, 2.45) is 4.99 Å². The van der Waals surface area contributed by atoms with E-state index in [1.807, 2.05) is 0 Å². The van der Waals surface area contributed by atoms with Crippen molar-refractivity contribution in [3.63, 3.8) is 0 Å². The molecule has 0 saturated heterocycles. The second-order valence-corrected chi connectivity index (χ2v) is 7.08. The van der Waals surface area contributed by atoms with Crippen molar-refractivity contribution in [3.05, 3.63) is 67.1 Å². The van der Waals surface area contributed by atoms with Gasteiger partial charge in [0.05, 0.1) is 23.4 Å². The van der Waals surface area contributed by atoms with E-state index in [0.717, 1.165) is 0 Å². The largest absolute Gasteiger partial charge is 0.497 e. The number of allylic oxidation sites excluding steroid dienone is 1. The molecule has 0 spiro atoms. The number of nitrogens with one attached hydrogen (secondary N) is 1. The minimum absolute atomic E-state index is 0.0774. The summed E-state index contributed by atoms with van der Waals surface area (Å²) < 4.78 is 32.8. The average molecular weight is 370 g/mol. The van der Waals surface area contributed by atoms with Crippen molar-refractivity contribution in [1.29, 1.82) is 0 Å². The quantitative estimate of drug-likeness (QED) is 0.789. The van der Waals surface area contributed by atoms with Crippen LogP contribution >= 0.6 is 0 Å². The van der Waals surface area contributed by atoms with Gasteiger partial charge in [0.2, 0.25) is 0 Å². The maximum absolute atomic E-state index is 12.6. The van der Waals surface area contributed by atoms with Crippen LogP contribution in [0.5, 0.6) is 5.75 Å². The van der Waals surface area contributed by atoms with Gasteiger partial charge in [-0.1, -0.05) is 0 Å². The van der Waals surface area contributed by atoms with Crippen LogP contribution in [-0.2, 0) is 10.0 Å². The first-order valence-corrected chi connectivity index (χ1v) is 9.19. The maximum atomic E-state index is 12.6. The van der Waals surface area contributed by atoms with Gasteiger partial charge >= 0.3 is 0 Å². The first-order valence-electron chi connectivity index (χ1n) is 7.71. The number of sulfonamides is 1. The van der Waals surface area contributed by atoms with Crippen molar-refractivity contribution in [2.75, 3.05) is 22.5 Å². The summed E-state index contributed by atoms with van der Waals surface area (Å²) in [6.45, 7) is 0. The van der Waals surface area contributed by atoms with Crippen LogP contribution in [0.1, 0.15) is 0 Å². The molecular formula is C18H18N4O3S. The lowest BCUT2D eigenvalue weighted by atomic mass is 10.2. The van der Waals surface area contributed by atoms with Gasteiger partial charge in [0.1, 0.15) is 5.75 Å². The highest BCUT2D eigenvalue weighted by molar-refractivity contribution is 7.92. The Morgan fingerprint density at radius 3 is 2.58 bits per heavy atom. The van der Waals surface area contributed by atoms with E-state index in [1.165, 1.54) is 12.1 Å². The number of rotatable bonds is 5. The fourth-order valence-corrected chi connectivity index (χ4v) is 3.45. The normalized spacial score (nSPS) is 13.5. The zero-order valence-corrected chi connectivity index (χ0v) is 14.8. The van der Waals surface area contributed by atoms with E-state index < -0.39 is 10.0 Å². The topological polar surface area (TPSA) is 97.0 Å². The van der Waals surface area contributed by atoms with Crippen LogP contribution in [0.25, 0.3) is 0 Å².